The Bertz CT molecular complexity index is 839. The molecular weight excluding hydrogens is 288 g/mol. The molecule has 0 atom stereocenters. The lowest BCUT2D eigenvalue weighted by atomic mass is 10.1. The summed E-state index contributed by atoms with van der Waals surface area (Å²) >= 11 is 0. The van der Waals surface area contributed by atoms with Gasteiger partial charge in [0.05, 0.1) is 0 Å². The Balaban J connectivity index is 1.67. The second-order valence-corrected chi connectivity index (χ2v) is 5.15. The van der Waals surface area contributed by atoms with Gasteiger partial charge in [-0.25, -0.2) is 0 Å². The lowest BCUT2D eigenvalue weighted by Crippen LogP contribution is -2.34. The van der Waals surface area contributed by atoms with Crippen molar-refractivity contribution < 1.29 is 9.59 Å². The Morgan fingerprint density at radius 2 is 1.43 bits per heavy atom. The maximum atomic E-state index is 12.1. The monoisotopic (exact) mass is 304 g/mol. The first kappa shape index (κ1) is 14.8. The maximum Gasteiger partial charge on any atom is 0.313 e. The van der Waals surface area contributed by atoms with E-state index in [0.717, 1.165) is 16.3 Å². The molecule has 2 amide bonds. The van der Waals surface area contributed by atoms with Crippen LogP contribution in [0, 0.1) is 0 Å². The molecule has 0 radical (unpaired) electrons. The van der Waals surface area contributed by atoms with Crippen LogP contribution in [-0.4, -0.2) is 11.8 Å². The number of carbonyl (C=O) groups is 2. The molecule has 0 saturated carbocycles. The molecule has 0 unspecified atom stereocenters. The van der Waals surface area contributed by atoms with Crippen molar-refractivity contribution in [3.05, 3.63) is 78.4 Å². The van der Waals surface area contributed by atoms with Crippen LogP contribution < -0.4 is 10.6 Å². The average Bonchev–Trinajstić information content (AvgIpc) is 2.61. The molecule has 4 nitrogen and oxygen atoms in total. The van der Waals surface area contributed by atoms with Crippen LogP contribution in [0.25, 0.3) is 10.8 Å². The normalized spacial score (nSPS) is 10.3. The number of benzene rings is 3. The van der Waals surface area contributed by atoms with Crippen molar-refractivity contribution in [3.8, 4) is 0 Å². The van der Waals surface area contributed by atoms with E-state index in [4.69, 9.17) is 0 Å². The van der Waals surface area contributed by atoms with E-state index in [1.54, 1.807) is 6.07 Å². The van der Waals surface area contributed by atoms with Crippen LogP contribution in [0.3, 0.4) is 0 Å². The third-order valence-corrected chi connectivity index (χ3v) is 3.54. The van der Waals surface area contributed by atoms with Crippen LogP contribution in [0.5, 0.6) is 0 Å². The second kappa shape index (κ2) is 6.75. The van der Waals surface area contributed by atoms with Gasteiger partial charge in [-0.2, -0.15) is 0 Å². The molecule has 23 heavy (non-hydrogen) atoms. The minimum Gasteiger partial charge on any atom is -0.344 e. The fourth-order valence-corrected chi connectivity index (χ4v) is 2.37. The molecule has 0 aliphatic heterocycles. The van der Waals surface area contributed by atoms with E-state index in [9.17, 15) is 9.59 Å². The van der Waals surface area contributed by atoms with Crippen LogP contribution in [0.15, 0.2) is 72.8 Å². The van der Waals surface area contributed by atoms with Gasteiger partial charge in [0.2, 0.25) is 0 Å². The molecule has 0 aliphatic rings. The van der Waals surface area contributed by atoms with Crippen LogP contribution >= 0.6 is 0 Å². The van der Waals surface area contributed by atoms with Gasteiger partial charge in [-0.05, 0) is 17.0 Å². The number of fused-ring (bicyclic) bond motifs is 1. The molecule has 2 N–H and O–H groups in total. The SMILES string of the molecule is O=C(NCc1ccccc1)C(=O)Nc1cccc2ccccc12. The van der Waals surface area contributed by atoms with Crippen molar-refractivity contribution in [1.82, 2.24) is 5.32 Å². The number of amides is 2. The van der Waals surface area contributed by atoms with Gasteiger partial charge in [-0.15, -0.1) is 0 Å². The second-order valence-electron chi connectivity index (χ2n) is 5.15. The Labute approximate surface area is 134 Å². The fraction of sp³-hybridized carbons (Fsp3) is 0.0526. The highest BCUT2D eigenvalue weighted by Gasteiger charge is 2.14. The van der Waals surface area contributed by atoms with Gasteiger partial charge < -0.3 is 10.6 Å². The molecule has 0 saturated heterocycles. The van der Waals surface area contributed by atoms with Gasteiger partial charge in [0, 0.05) is 17.6 Å². The quantitative estimate of drug-likeness (QED) is 0.731. The summed E-state index contributed by atoms with van der Waals surface area (Å²) in [4.78, 5) is 24.0. The van der Waals surface area contributed by atoms with Gasteiger partial charge in [-0.3, -0.25) is 9.59 Å². The molecular formula is C19H16N2O2. The largest absolute Gasteiger partial charge is 0.344 e. The van der Waals surface area contributed by atoms with Crippen LogP contribution in [0.1, 0.15) is 5.56 Å². The Morgan fingerprint density at radius 1 is 0.739 bits per heavy atom. The number of rotatable bonds is 3. The molecule has 0 heterocycles. The van der Waals surface area contributed by atoms with E-state index in [2.05, 4.69) is 10.6 Å². The Morgan fingerprint density at radius 3 is 2.26 bits per heavy atom. The Kier molecular flexibility index (Phi) is 4.34. The summed E-state index contributed by atoms with van der Waals surface area (Å²) in [5.74, 6) is -1.32. The minimum atomic E-state index is -0.669. The molecule has 0 bridgehead atoms. The molecule has 0 aliphatic carbocycles. The van der Waals surface area contributed by atoms with Gasteiger partial charge in [0.25, 0.3) is 0 Å². The summed E-state index contributed by atoms with van der Waals surface area (Å²) in [6, 6.07) is 22.7. The lowest BCUT2D eigenvalue weighted by Gasteiger charge is -2.09. The number of carbonyl (C=O) groups excluding carboxylic acids is 2. The zero-order chi connectivity index (χ0) is 16.1. The average molecular weight is 304 g/mol. The van der Waals surface area contributed by atoms with E-state index in [1.807, 2.05) is 66.7 Å². The van der Waals surface area contributed by atoms with Crippen molar-refractivity contribution in [2.45, 2.75) is 6.54 Å². The zero-order valence-electron chi connectivity index (χ0n) is 12.5. The molecule has 4 heteroatoms. The van der Waals surface area contributed by atoms with Crippen molar-refractivity contribution in [1.29, 1.82) is 0 Å². The first-order chi connectivity index (χ1) is 11.2. The first-order valence-electron chi connectivity index (χ1n) is 7.35. The molecule has 3 rings (SSSR count). The summed E-state index contributed by atoms with van der Waals surface area (Å²) in [5.41, 5.74) is 1.57. The zero-order valence-corrected chi connectivity index (χ0v) is 12.5. The third kappa shape index (κ3) is 3.55. The predicted octanol–water partition coefficient (Wildman–Crippen LogP) is 3.09. The number of nitrogens with one attached hydrogen (secondary N) is 2. The van der Waals surface area contributed by atoms with Gasteiger partial charge in [-0.1, -0.05) is 66.7 Å². The summed E-state index contributed by atoms with van der Waals surface area (Å²) in [7, 11) is 0. The van der Waals surface area contributed by atoms with Crippen LogP contribution in [0.4, 0.5) is 5.69 Å². The maximum absolute atomic E-state index is 12.1. The van der Waals surface area contributed by atoms with Crippen LogP contribution in [-0.2, 0) is 16.1 Å². The van der Waals surface area contributed by atoms with Crippen molar-refractivity contribution in [2.24, 2.45) is 0 Å². The lowest BCUT2D eigenvalue weighted by molar-refractivity contribution is -0.136. The minimum absolute atomic E-state index is 0.322. The van der Waals surface area contributed by atoms with E-state index < -0.39 is 11.8 Å². The van der Waals surface area contributed by atoms with Gasteiger partial charge in [0.1, 0.15) is 0 Å². The third-order valence-electron chi connectivity index (χ3n) is 3.54. The number of hydrogen-bond acceptors (Lipinski definition) is 2. The van der Waals surface area contributed by atoms with Crippen molar-refractivity contribution in [2.75, 3.05) is 5.32 Å². The predicted molar refractivity (Wildman–Crippen MR) is 90.9 cm³/mol. The molecule has 0 fully saturated rings. The van der Waals surface area contributed by atoms with E-state index in [0.29, 0.717) is 12.2 Å². The molecule has 114 valence electrons. The smallest absolute Gasteiger partial charge is 0.313 e. The molecule has 0 aromatic heterocycles. The summed E-state index contributed by atoms with van der Waals surface area (Å²) < 4.78 is 0. The topological polar surface area (TPSA) is 58.2 Å². The number of hydrogen-bond donors (Lipinski definition) is 2. The summed E-state index contributed by atoms with van der Waals surface area (Å²) in [6.45, 7) is 0.322. The highest BCUT2D eigenvalue weighted by Crippen LogP contribution is 2.22. The molecule has 0 spiro atoms. The highest BCUT2D eigenvalue weighted by molar-refractivity contribution is 6.40. The van der Waals surface area contributed by atoms with Gasteiger partial charge >= 0.3 is 11.8 Å². The Hall–Kier alpha value is -3.14. The summed E-state index contributed by atoms with van der Waals surface area (Å²) in [6.07, 6.45) is 0. The molecule has 3 aromatic carbocycles. The van der Waals surface area contributed by atoms with E-state index >= 15 is 0 Å². The fourth-order valence-electron chi connectivity index (χ4n) is 2.37. The van der Waals surface area contributed by atoms with Gasteiger partial charge in [0.15, 0.2) is 0 Å². The van der Waals surface area contributed by atoms with Crippen molar-refractivity contribution >= 4 is 28.3 Å². The molecule has 3 aromatic rings. The number of anilines is 1. The van der Waals surface area contributed by atoms with Crippen molar-refractivity contribution in [3.63, 3.8) is 0 Å². The highest BCUT2D eigenvalue weighted by atomic mass is 16.2. The first-order valence-corrected chi connectivity index (χ1v) is 7.35. The van der Waals surface area contributed by atoms with E-state index in [1.165, 1.54) is 0 Å². The van der Waals surface area contributed by atoms with E-state index in [-0.39, 0.29) is 0 Å². The standard InChI is InChI=1S/C19H16N2O2/c22-18(20-13-14-7-2-1-3-8-14)19(23)21-17-12-6-10-15-9-4-5-11-16(15)17/h1-12H,13H2,(H,20,22)(H,21,23). The summed E-state index contributed by atoms with van der Waals surface area (Å²) in [5, 5.41) is 7.20. The van der Waals surface area contributed by atoms with Crippen LogP contribution in [0.2, 0.25) is 0 Å².